The molecule has 0 bridgehead atoms. The largest absolute Gasteiger partial charge is 0.298 e. The van der Waals surface area contributed by atoms with Gasteiger partial charge in [-0.25, -0.2) is 4.39 Å². The van der Waals surface area contributed by atoms with Gasteiger partial charge in [-0.05, 0) is 36.7 Å². The van der Waals surface area contributed by atoms with Gasteiger partial charge in [0.2, 0.25) is 0 Å². The Kier molecular flexibility index (Phi) is 3.71. The Morgan fingerprint density at radius 3 is 2.88 bits per heavy atom. The van der Waals surface area contributed by atoms with Crippen LogP contribution in [-0.4, -0.2) is 23.8 Å². The Labute approximate surface area is 103 Å². The van der Waals surface area contributed by atoms with Crippen molar-refractivity contribution in [3.05, 3.63) is 34.1 Å². The fourth-order valence-corrected chi connectivity index (χ4v) is 2.52. The quantitative estimate of drug-likeness (QED) is 0.833. The molecule has 2 nitrogen and oxygen atoms in total. The number of carbonyl (C=O) groups is 1. The minimum absolute atomic E-state index is 0.243. The zero-order chi connectivity index (χ0) is 11.5. The number of halogens is 2. The van der Waals surface area contributed by atoms with E-state index < -0.39 is 0 Å². The molecule has 1 aromatic carbocycles. The number of benzene rings is 1. The van der Waals surface area contributed by atoms with Crippen LogP contribution in [0.2, 0.25) is 0 Å². The lowest BCUT2D eigenvalue weighted by atomic mass is 10.1. The van der Waals surface area contributed by atoms with Crippen LogP contribution in [-0.2, 0) is 11.3 Å². The second-order valence-electron chi connectivity index (χ2n) is 4.13. The van der Waals surface area contributed by atoms with Crippen LogP contribution in [0, 0.1) is 5.82 Å². The number of ketones is 1. The lowest BCUT2D eigenvalue weighted by molar-refractivity contribution is -0.122. The summed E-state index contributed by atoms with van der Waals surface area (Å²) in [7, 11) is 0. The van der Waals surface area contributed by atoms with E-state index in [9.17, 15) is 9.18 Å². The van der Waals surface area contributed by atoms with Crippen molar-refractivity contribution in [1.29, 1.82) is 0 Å². The molecule has 0 spiro atoms. The summed E-state index contributed by atoms with van der Waals surface area (Å²) < 4.78 is 13.9. The minimum Gasteiger partial charge on any atom is -0.298 e. The van der Waals surface area contributed by atoms with Crippen LogP contribution in [0.3, 0.4) is 0 Å². The first-order valence-electron chi connectivity index (χ1n) is 5.32. The van der Waals surface area contributed by atoms with Gasteiger partial charge in [-0.15, -0.1) is 0 Å². The monoisotopic (exact) mass is 285 g/mol. The highest BCUT2D eigenvalue weighted by Crippen LogP contribution is 2.17. The molecule has 86 valence electrons. The average Bonchev–Trinajstić information content (AvgIpc) is 2.15. The summed E-state index contributed by atoms with van der Waals surface area (Å²) in [5.41, 5.74) is 0.904. The number of Topliss-reactive ketones (excluding diaryl/α,β-unsaturated/α-hetero) is 1. The molecule has 1 aliphatic heterocycles. The molecule has 0 saturated carbocycles. The number of rotatable bonds is 2. The zero-order valence-corrected chi connectivity index (χ0v) is 10.5. The maximum Gasteiger partial charge on any atom is 0.146 e. The van der Waals surface area contributed by atoms with Crippen molar-refractivity contribution in [1.82, 2.24) is 4.90 Å². The molecule has 1 saturated heterocycles. The van der Waals surface area contributed by atoms with E-state index in [4.69, 9.17) is 0 Å². The summed E-state index contributed by atoms with van der Waals surface area (Å²) in [6.07, 6.45) is 1.60. The zero-order valence-electron chi connectivity index (χ0n) is 8.88. The molecule has 2 rings (SSSR count). The van der Waals surface area contributed by atoms with Crippen molar-refractivity contribution in [2.24, 2.45) is 0 Å². The first kappa shape index (κ1) is 11.7. The second kappa shape index (κ2) is 5.06. The molecule has 1 heterocycles. The molecule has 1 aliphatic rings. The lowest BCUT2D eigenvalue weighted by Gasteiger charge is -2.25. The second-order valence-corrected chi connectivity index (χ2v) is 5.05. The Morgan fingerprint density at radius 1 is 1.38 bits per heavy atom. The molecule has 0 radical (unpaired) electrons. The van der Waals surface area contributed by atoms with Gasteiger partial charge in [0.25, 0.3) is 0 Å². The molecule has 0 aliphatic carbocycles. The standard InChI is InChI=1S/C12H13BrFNO/c13-10-4-9(5-11(14)6-10)7-15-3-1-2-12(16)8-15/h4-6H,1-3,7-8H2. The van der Waals surface area contributed by atoms with Crippen LogP contribution in [0.1, 0.15) is 18.4 Å². The van der Waals surface area contributed by atoms with Crippen LogP contribution in [0.5, 0.6) is 0 Å². The van der Waals surface area contributed by atoms with Crippen LogP contribution < -0.4 is 0 Å². The van der Waals surface area contributed by atoms with Gasteiger partial charge in [-0.2, -0.15) is 0 Å². The fourth-order valence-electron chi connectivity index (χ4n) is 2.00. The molecule has 1 aromatic rings. The Morgan fingerprint density at radius 2 is 2.19 bits per heavy atom. The van der Waals surface area contributed by atoms with E-state index in [0.29, 0.717) is 19.5 Å². The summed E-state index contributed by atoms with van der Waals surface area (Å²) >= 11 is 3.26. The maximum absolute atomic E-state index is 13.1. The molecule has 4 heteroatoms. The van der Waals surface area contributed by atoms with E-state index >= 15 is 0 Å². The lowest BCUT2D eigenvalue weighted by Crippen LogP contribution is -2.34. The van der Waals surface area contributed by atoms with Gasteiger partial charge in [0.05, 0.1) is 6.54 Å². The molecule has 0 N–H and O–H groups in total. The van der Waals surface area contributed by atoms with E-state index in [1.807, 2.05) is 6.07 Å². The SMILES string of the molecule is O=C1CCCN(Cc2cc(F)cc(Br)c2)C1. The predicted molar refractivity (Wildman–Crippen MR) is 63.6 cm³/mol. The molecule has 0 aromatic heterocycles. The molecule has 0 unspecified atom stereocenters. The molecular formula is C12H13BrFNO. The summed E-state index contributed by atoms with van der Waals surface area (Å²) in [6, 6.07) is 4.84. The van der Waals surface area contributed by atoms with Gasteiger partial charge in [0.1, 0.15) is 11.6 Å². The van der Waals surface area contributed by atoms with Crippen LogP contribution >= 0.6 is 15.9 Å². The van der Waals surface area contributed by atoms with Crippen molar-refractivity contribution < 1.29 is 9.18 Å². The van der Waals surface area contributed by atoms with Crippen LogP contribution in [0.25, 0.3) is 0 Å². The van der Waals surface area contributed by atoms with Crippen molar-refractivity contribution in [2.45, 2.75) is 19.4 Å². The number of piperidine rings is 1. The first-order valence-corrected chi connectivity index (χ1v) is 6.12. The third kappa shape index (κ3) is 3.12. The van der Waals surface area contributed by atoms with Gasteiger partial charge >= 0.3 is 0 Å². The highest BCUT2D eigenvalue weighted by Gasteiger charge is 2.16. The Hall–Kier alpha value is -0.740. The van der Waals surface area contributed by atoms with Gasteiger partial charge < -0.3 is 0 Å². The fraction of sp³-hybridized carbons (Fsp3) is 0.417. The van der Waals surface area contributed by atoms with Gasteiger partial charge in [-0.1, -0.05) is 15.9 Å². The number of hydrogen-bond donors (Lipinski definition) is 0. The van der Waals surface area contributed by atoms with Crippen molar-refractivity contribution >= 4 is 21.7 Å². The molecule has 16 heavy (non-hydrogen) atoms. The maximum atomic E-state index is 13.1. The van der Waals surface area contributed by atoms with Crippen molar-refractivity contribution in [3.63, 3.8) is 0 Å². The molecule has 1 fully saturated rings. The third-order valence-electron chi connectivity index (χ3n) is 2.66. The highest BCUT2D eigenvalue weighted by molar-refractivity contribution is 9.10. The summed E-state index contributed by atoms with van der Waals surface area (Å²) in [4.78, 5) is 13.3. The summed E-state index contributed by atoms with van der Waals surface area (Å²) in [6.45, 7) is 2.05. The topological polar surface area (TPSA) is 20.3 Å². The van der Waals surface area contributed by atoms with E-state index in [-0.39, 0.29) is 11.6 Å². The van der Waals surface area contributed by atoms with Crippen LogP contribution in [0.4, 0.5) is 4.39 Å². The molecule has 0 atom stereocenters. The molecular weight excluding hydrogens is 273 g/mol. The van der Waals surface area contributed by atoms with E-state index in [1.54, 1.807) is 0 Å². The number of hydrogen-bond acceptors (Lipinski definition) is 2. The number of carbonyl (C=O) groups excluding carboxylic acids is 1. The van der Waals surface area contributed by atoms with Crippen molar-refractivity contribution in [3.8, 4) is 0 Å². The van der Waals surface area contributed by atoms with Crippen LogP contribution in [0.15, 0.2) is 22.7 Å². The Bertz CT molecular complexity index is 388. The van der Waals surface area contributed by atoms with E-state index in [2.05, 4.69) is 20.8 Å². The summed E-state index contributed by atoms with van der Waals surface area (Å²) in [5, 5.41) is 0. The predicted octanol–water partition coefficient (Wildman–Crippen LogP) is 2.75. The highest BCUT2D eigenvalue weighted by atomic mass is 79.9. The number of likely N-dealkylation sites (tertiary alicyclic amines) is 1. The van der Waals surface area contributed by atoms with Gasteiger partial charge in [0.15, 0.2) is 0 Å². The normalized spacial score (nSPS) is 17.8. The average molecular weight is 286 g/mol. The minimum atomic E-state index is -0.243. The van der Waals surface area contributed by atoms with Gasteiger partial charge in [-0.3, -0.25) is 9.69 Å². The summed E-state index contributed by atoms with van der Waals surface area (Å²) in [5.74, 6) is 0.0365. The van der Waals surface area contributed by atoms with E-state index in [1.165, 1.54) is 12.1 Å². The van der Waals surface area contributed by atoms with Gasteiger partial charge in [0, 0.05) is 17.4 Å². The number of nitrogens with zero attached hydrogens (tertiary/aromatic N) is 1. The Balaban J connectivity index is 2.05. The first-order chi connectivity index (χ1) is 7.63. The molecule has 0 amide bonds. The third-order valence-corrected chi connectivity index (χ3v) is 3.12. The van der Waals surface area contributed by atoms with Crippen molar-refractivity contribution in [2.75, 3.05) is 13.1 Å². The smallest absolute Gasteiger partial charge is 0.146 e. The van der Waals surface area contributed by atoms with E-state index in [0.717, 1.165) is 23.0 Å².